The Balaban J connectivity index is 1.34. The molecule has 2 heterocycles. The average Bonchev–Trinajstić information content (AvgIpc) is 3.59. The van der Waals surface area contributed by atoms with Gasteiger partial charge in [-0.2, -0.15) is 5.10 Å². The molecule has 186 valence electrons. The summed E-state index contributed by atoms with van der Waals surface area (Å²) < 4.78 is 2.05. The van der Waals surface area contributed by atoms with Gasteiger partial charge in [-0.05, 0) is 58.7 Å². The van der Waals surface area contributed by atoms with Gasteiger partial charge in [-0.15, -0.1) is 5.10 Å². The third kappa shape index (κ3) is 4.91. The zero-order valence-electron chi connectivity index (χ0n) is 20.6. The standard InChI is InChI=1S/C27H31N7O2/c1-3-24-28-26(21-14-12-19(13-15-21)17(2)27(35)36)34(31-24)16-18-8-10-20(11-9-18)22-6-4-5-7-23(22)25-29-32-33-30-25/h4-11,17,19,21H,3,12-16H2,1-2H3,(H,35,36)(H,29,30,32,33). The van der Waals surface area contributed by atoms with Crippen LogP contribution in [0.25, 0.3) is 22.5 Å². The lowest BCUT2D eigenvalue weighted by Gasteiger charge is -2.30. The molecule has 0 saturated heterocycles. The lowest BCUT2D eigenvalue weighted by atomic mass is 9.76. The number of hydrogen-bond donors (Lipinski definition) is 2. The number of rotatable bonds is 8. The second-order valence-electron chi connectivity index (χ2n) is 9.63. The maximum Gasteiger partial charge on any atom is 0.306 e. The Morgan fingerprint density at radius 2 is 1.81 bits per heavy atom. The van der Waals surface area contributed by atoms with Crippen LogP contribution in [-0.4, -0.2) is 46.5 Å². The molecule has 2 aromatic heterocycles. The van der Waals surface area contributed by atoms with E-state index in [0.717, 1.165) is 66.0 Å². The van der Waals surface area contributed by atoms with E-state index in [9.17, 15) is 9.90 Å². The van der Waals surface area contributed by atoms with Crippen LogP contribution in [0.4, 0.5) is 0 Å². The number of aromatic amines is 1. The third-order valence-corrected chi connectivity index (χ3v) is 7.42. The summed E-state index contributed by atoms with van der Waals surface area (Å²) in [5.41, 5.74) is 4.25. The first-order chi connectivity index (χ1) is 17.5. The van der Waals surface area contributed by atoms with Gasteiger partial charge in [0.15, 0.2) is 11.6 Å². The van der Waals surface area contributed by atoms with Crippen LogP contribution < -0.4 is 0 Å². The number of H-pyrrole nitrogens is 1. The van der Waals surface area contributed by atoms with Crippen LogP contribution >= 0.6 is 0 Å². The first-order valence-corrected chi connectivity index (χ1v) is 12.6. The maximum absolute atomic E-state index is 11.4. The normalized spacial score (nSPS) is 18.7. The fraction of sp³-hybridized carbons (Fsp3) is 0.407. The van der Waals surface area contributed by atoms with Gasteiger partial charge in [0.05, 0.1) is 12.5 Å². The highest BCUT2D eigenvalue weighted by Gasteiger charge is 2.31. The number of hydrogen-bond acceptors (Lipinski definition) is 6. The molecule has 0 bridgehead atoms. The first-order valence-electron chi connectivity index (χ1n) is 12.6. The molecule has 0 amide bonds. The largest absolute Gasteiger partial charge is 0.481 e. The molecule has 5 rings (SSSR count). The highest BCUT2D eigenvalue weighted by molar-refractivity contribution is 5.80. The fourth-order valence-electron chi connectivity index (χ4n) is 5.23. The van der Waals surface area contributed by atoms with Gasteiger partial charge in [0, 0.05) is 17.9 Å². The van der Waals surface area contributed by atoms with Crippen LogP contribution in [0.15, 0.2) is 48.5 Å². The van der Waals surface area contributed by atoms with Crippen molar-refractivity contribution in [1.29, 1.82) is 0 Å². The molecular weight excluding hydrogens is 454 g/mol. The molecule has 2 aromatic carbocycles. The molecule has 36 heavy (non-hydrogen) atoms. The quantitative estimate of drug-likeness (QED) is 0.370. The smallest absolute Gasteiger partial charge is 0.306 e. The van der Waals surface area contributed by atoms with E-state index in [4.69, 9.17) is 10.1 Å². The fourth-order valence-corrected chi connectivity index (χ4v) is 5.23. The third-order valence-electron chi connectivity index (χ3n) is 7.42. The lowest BCUT2D eigenvalue weighted by molar-refractivity contribution is -0.143. The van der Waals surface area contributed by atoms with Gasteiger partial charge < -0.3 is 5.11 Å². The van der Waals surface area contributed by atoms with Crippen molar-refractivity contribution >= 4 is 5.97 Å². The van der Waals surface area contributed by atoms with E-state index >= 15 is 0 Å². The van der Waals surface area contributed by atoms with Crippen LogP contribution in [-0.2, 0) is 17.8 Å². The zero-order chi connectivity index (χ0) is 25.1. The number of aromatic nitrogens is 7. The molecule has 1 aliphatic carbocycles. The van der Waals surface area contributed by atoms with E-state index in [1.165, 1.54) is 0 Å². The van der Waals surface area contributed by atoms with Crippen LogP contribution in [0, 0.1) is 11.8 Å². The molecule has 4 aromatic rings. The van der Waals surface area contributed by atoms with Gasteiger partial charge >= 0.3 is 5.97 Å². The van der Waals surface area contributed by atoms with E-state index in [-0.39, 0.29) is 11.8 Å². The number of nitrogens with one attached hydrogen (secondary N) is 1. The Hall–Kier alpha value is -3.88. The van der Waals surface area contributed by atoms with E-state index in [1.807, 2.05) is 29.8 Å². The van der Waals surface area contributed by atoms with Crippen molar-refractivity contribution in [2.24, 2.45) is 11.8 Å². The van der Waals surface area contributed by atoms with Crippen molar-refractivity contribution in [1.82, 2.24) is 35.4 Å². The molecule has 1 atom stereocenters. The molecule has 1 unspecified atom stereocenters. The Kier molecular flexibility index (Phi) is 6.88. The Labute approximate surface area is 210 Å². The van der Waals surface area contributed by atoms with Gasteiger partial charge in [0.1, 0.15) is 5.82 Å². The van der Waals surface area contributed by atoms with Gasteiger partial charge in [-0.1, -0.05) is 62.4 Å². The maximum atomic E-state index is 11.4. The van der Waals surface area contributed by atoms with Gasteiger partial charge in [-0.25, -0.2) is 14.8 Å². The Morgan fingerprint density at radius 1 is 1.08 bits per heavy atom. The summed E-state index contributed by atoms with van der Waals surface area (Å²) in [5.74, 6) is 2.09. The predicted molar refractivity (Wildman–Crippen MR) is 135 cm³/mol. The second kappa shape index (κ2) is 10.4. The van der Waals surface area contributed by atoms with Crippen molar-refractivity contribution in [2.45, 2.75) is 58.4 Å². The molecule has 2 N–H and O–H groups in total. The minimum absolute atomic E-state index is 0.240. The number of carboxylic acid groups (broad SMARTS) is 1. The predicted octanol–water partition coefficient (Wildman–Crippen LogP) is 4.73. The summed E-state index contributed by atoms with van der Waals surface area (Å²) in [6.07, 6.45) is 4.53. The topological polar surface area (TPSA) is 122 Å². The van der Waals surface area contributed by atoms with E-state index in [2.05, 4.69) is 57.9 Å². The number of benzene rings is 2. The van der Waals surface area contributed by atoms with Crippen molar-refractivity contribution < 1.29 is 9.90 Å². The average molecular weight is 486 g/mol. The van der Waals surface area contributed by atoms with E-state index in [0.29, 0.717) is 18.3 Å². The van der Waals surface area contributed by atoms with Crippen molar-refractivity contribution in [3.63, 3.8) is 0 Å². The van der Waals surface area contributed by atoms with Crippen LogP contribution in [0.5, 0.6) is 0 Å². The number of tetrazole rings is 1. The molecule has 0 spiro atoms. The molecule has 1 saturated carbocycles. The monoisotopic (exact) mass is 485 g/mol. The summed E-state index contributed by atoms with van der Waals surface area (Å²) in [4.78, 5) is 16.3. The Morgan fingerprint density at radius 3 is 2.44 bits per heavy atom. The summed E-state index contributed by atoms with van der Waals surface area (Å²) >= 11 is 0. The van der Waals surface area contributed by atoms with Gasteiger partial charge in [-0.3, -0.25) is 4.79 Å². The van der Waals surface area contributed by atoms with Crippen LogP contribution in [0.1, 0.15) is 62.7 Å². The van der Waals surface area contributed by atoms with Crippen LogP contribution in [0.3, 0.4) is 0 Å². The second-order valence-corrected chi connectivity index (χ2v) is 9.63. The van der Waals surface area contributed by atoms with Gasteiger partial charge in [0.2, 0.25) is 0 Å². The lowest BCUT2D eigenvalue weighted by Crippen LogP contribution is -2.26. The van der Waals surface area contributed by atoms with E-state index in [1.54, 1.807) is 0 Å². The van der Waals surface area contributed by atoms with Crippen molar-refractivity contribution in [2.75, 3.05) is 0 Å². The number of nitrogens with zero attached hydrogens (tertiary/aromatic N) is 6. The minimum Gasteiger partial charge on any atom is -0.481 e. The first kappa shape index (κ1) is 23.8. The molecule has 1 fully saturated rings. The number of aliphatic carboxylic acids is 1. The summed E-state index contributed by atoms with van der Waals surface area (Å²) in [5, 5.41) is 28.5. The Bertz CT molecular complexity index is 1310. The van der Waals surface area contributed by atoms with Gasteiger partial charge in [0.25, 0.3) is 0 Å². The zero-order valence-corrected chi connectivity index (χ0v) is 20.6. The molecular formula is C27H31N7O2. The SMILES string of the molecule is CCc1nc(C2CCC(C(C)C(=O)O)CC2)n(Cc2ccc(-c3ccccc3-c3nnn[nH]3)cc2)n1. The molecule has 9 nitrogen and oxygen atoms in total. The van der Waals surface area contributed by atoms with Crippen molar-refractivity contribution in [3.8, 4) is 22.5 Å². The minimum atomic E-state index is -0.696. The summed E-state index contributed by atoms with van der Waals surface area (Å²) in [6.45, 7) is 4.56. The molecule has 0 radical (unpaired) electrons. The summed E-state index contributed by atoms with van der Waals surface area (Å²) in [6, 6.07) is 16.6. The highest BCUT2D eigenvalue weighted by atomic mass is 16.4. The number of carboxylic acids is 1. The number of carbonyl (C=O) groups is 1. The molecule has 1 aliphatic rings. The van der Waals surface area contributed by atoms with Crippen molar-refractivity contribution in [3.05, 3.63) is 65.7 Å². The van der Waals surface area contributed by atoms with Crippen LogP contribution in [0.2, 0.25) is 0 Å². The van der Waals surface area contributed by atoms with E-state index < -0.39 is 5.97 Å². The summed E-state index contributed by atoms with van der Waals surface area (Å²) in [7, 11) is 0. The number of aryl methyl sites for hydroxylation is 1. The highest BCUT2D eigenvalue weighted by Crippen LogP contribution is 2.38. The molecule has 9 heteroatoms. The molecule has 0 aliphatic heterocycles.